The Bertz CT molecular complexity index is 1490. The Hall–Kier alpha value is -2.35. The van der Waals surface area contributed by atoms with Gasteiger partial charge in [0.1, 0.15) is 18.3 Å². The van der Waals surface area contributed by atoms with Gasteiger partial charge in [0, 0.05) is 57.5 Å². The molecule has 7 N–H and O–H groups in total. The zero-order chi connectivity index (χ0) is 44.4. The number of rotatable bonds is 9. The highest BCUT2D eigenvalue weighted by atomic mass is 16.7. The van der Waals surface area contributed by atoms with E-state index < -0.39 is 103 Å². The first kappa shape index (κ1) is 51.0. The fourth-order valence-corrected chi connectivity index (χ4v) is 8.20. The van der Waals surface area contributed by atoms with Crippen LogP contribution in [0.1, 0.15) is 81.1 Å². The second kappa shape index (κ2) is 23.2. The average molecular weight is 841 g/mol. The number of carbonyl (C=O) groups is 1. The number of methoxy groups -OCH3 is 3. The van der Waals surface area contributed by atoms with Crippen LogP contribution in [-0.4, -0.2) is 155 Å². The van der Waals surface area contributed by atoms with E-state index in [-0.39, 0.29) is 37.4 Å². The molecule has 0 spiro atoms. The van der Waals surface area contributed by atoms with Crippen molar-refractivity contribution < 1.29 is 73.7 Å². The van der Waals surface area contributed by atoms with Crippen LogP contribution in [-0.2, 0) is 38.0 Å². The molecule has 17 atom stereocenters. The molecule has 0 bridgehead atoms. The Labute approximate surface area is 349 Å². The summed E-state index contributed by atoms with van der Waals surface area (Å²) in [6, 6.07) is 0. The highest BCUT2D eigenvalue weighted by Gasteiger charge is 2.58. The van der Waals surface area contributed by atoms with Crippen LogP contribution >= 0.6 is 0 Å². The first-order valence-corrected chi connectivity index (χ1v) is 20.6. The normalized spacial score (nSPS) is 44.8. The number of ether oxygens (including phenoxy) is 7. The van der Waals surface area contributed by atoms with Gasteiger partial charge in [-0.1, -0.05) is 67.9 Å². The molecule has 0 radical (unpaired) electrons. The quantitative estimate of drug-likeness (QED) is 0.166. The molecule has 3 rings (SSSR count). The average Bonchev–Trinajstić information content (AvgIpc) is 3.16. The van der Waals surface area contributed by atoms with E-state index in [0.29, 0.717) is 12.0 Å². The van der Waals surface area contributed by atoms with E-state index in [1.165, 1.54) is 35.2 Å². The Morgan fingerprint density at radius 2 is 1.56 bits per heavy atom. The van der Waals surface area contributed by atoms with Crippen molar-refractivity contribution in [2.75, 3.05) is 27.9 Å². The zero-order valence-electron chi connectivity index (χ0n) is 36.6. The van der Waals surface area contributed by atoms with Crippen LogP contribution in [0.3, 0.4) is 0 Å². The molecule has 0 amide bonds. The summed E-state index contributed by atoms with van der Waals surface area (Å²) in [5.41, 5.74) is 2.48. The van der Waals surface area contributed by atoms with Crippen LogP contribution < -0.4 is 0 Å². The van der Waals surface area contributed by atoms with Gasteiger partial charge in [0.25, 0.3) is 0 Å². The molecule has 0 unspecified atom stereocenters. The van der Waals surface area contributed by atoms with Gasteiger partial charge < -0.3 is 68.9 Å². The van der Waals surface area contributed by atoms with Crippen molar-refractivity contribution in [3.8, 4) is 0 Å². The first-order chi connectivity index (χ1) is 27.7. The monoisotopic (exact) mass is 840 g/mol. The summed E-state index contributed by atoms with van der Waals surface area (Å²) >= 11 is 0. The standard InChI is InChI=1S/C44H72O15/c1-23-13-12-14-32(46)36(54-10)21-33(47)41(44(52)29(7)37(48)28(6)35(59-44)20-31(45)22-53-9)58-42(51)27(5)19-25(3)17-24(2)18-26(4)34(16-15-23)57-43-39(50)38(49)40(55-11)30(8)56-43/h13,15-19,26,28-41,43,45-50,52H,12,14,20-22H2,1-11H3/b16-15+,23-13+,24-18+,25-17+,27-19+/t26-,28+,29-,30+,31-,32+,33+,34-,35-,36+,37+,38+,39+,40+,41-,43+,44-/m1/s1. The molecule has 0 saturated carbocycles. The second-order valence-electron chi connectivity index (χ2n) is 16.7. The van der Waals surface area contributed by atoms with Crippen molar-refractivity contribution in [1.82, 2.24) is 0 Å². The van der Waals surface area contributed by atoms with E-state index in [4.69, 9.17) is 33.2 Å². The summed E-state index contributed by atoms with van der Waals surface area (Å²) in [5.74, 6) is -5.20. The van der Waals surface area contributed by atoms with Crippen molar-refractivity contribution in [3.63, 3.8) is 0 Å². The van der Waals surface area contributed by atoms with Crippen LogP contribution in [0.4, 0.5) is 0 Å². The van der Waals surface area contributed by atoms with Crippen LogP contribution in [0.5, 0.6) is 0 Å². The minimum absolute atomic E-state index is 0.0194. The van der Waals surface area contributed by atoms with Crippen molar-refractivity contribution in [2.24, 2.45) is 17.8 Å². The molecular formula is C44H72O15. The Morgan fingerprint density at radius 3 is 2.19 bits per heavy atom. The summed E-state index contributed by atoms with van der Waals surface area (Å²) in [4.78, 5) is 13.8. The second-order valence-corrected chi connectivity index (χ2v) is 16.7. The molecule has 2 fully saturated rings. The molecule has 338 valence electrons. The topological polar surface area (TPSA) is 223 Å². The lowest BCUT2D eigenvalue weighted by Crippen LogP contribution is -2.66. The van der Waals surface area contributed by atoms with Crippen molar-refractivity contribution in [1.29, 1.82) is 0 Å². The molecule has 0 aromatic rings. The third kappa shape index (κ3) is 13.6. The highest BCUT2D eigenvalue weighted by Crippen LogP contribution is 2.42. The van der Waals surface area contributed by atoms with Crippen LogP contribution in [0.15, 0.2) is 58.7 Å². The van der Waals surface area contributed by atoms with E-state index in [1.807, 2.05) is 51.2 Å². The van der Waals surface area contributed by atoms with E-state index >= 15 is 0 Å². The lowest BCUT2D eigenvalue weighted by Gasteiger charge is -2.51. The number of aliphatic hydroxyl groups excluding tert-OH is 6. The third-order valence-corrected chi connectivity index (χ3v) is 11.8. The Balaban J connectivity index is 2.05. The highest BCUT2D eigenvalue weighted by molar-refractivity contribution is 5.88. The molecule has 15 nitrogen and oxygen atoms in total. The predicted octanol–water partition coefficient (Wildman–Crippen LogP) is 2.78. The number of carbonyl (C=O) groups excluding carboxylic acids is 1. The maximum atomic E-state index is 13.8. The fourth-order valence-electron chi connectivity index (χ4n) is 8.20. The number of cyclic esters (lactones) is 1. The van der Waals surface area contributed by atoms with Gasteiger partial charge in [0.05, 0.1) is 55.4 Å². The van der Waals surface area contributed by atoms with Gasteiger partial charge in [0.15, 0.2) is 12.4 Å². The molecule has 2 saturated heterocycles. The van der Waals surface area contributed by atoms with Gasteiger partial charge in [-0.15, -0.1) is 0 Å². The summed E-state index contributed by atoms with van der Waals surface area (Å²) in [7, 11) is 4.25. The third-order valence-electron chi connectivity index (χ3n) is 11.8. The Morgan fingerprint density at radius 1 is 0.881 bits per heavy atom. The molecule has 0 aromatic carbocycles. The molecule has 3 aliphatic rings. The molecule has 59 heavy (non-hydrogen) atoms. The number of hydrogen-bond acceptors (Lipinski definition) is 15. The number of hydrogen-bond donors (Lipinski definition) is 7. The van der Waals surface area contributed by atoms with Gasteiger partial charge in [-0.05, 0) is 53.5 Å². The van der Waals surface area contributed by atoms with Gasteiger partial charge in [-0.3, -0.25) is 0 Å². The van der Waals surface area contributed by atoms with E-state index in [0.717, 1.165) is 11.1 Å². The summed E-state index contributed by atoms with van der Waals surface area (Å²) in [6.45, 7) is 14.0. The molecular weight excluding hydrogens is 768 g/mol. The summed E-state index contributed by atoms with van der Waals surface area (Å²) in [5, 5.41) is 78.9. The number of aliphatic hydroxyl groups is 7. The van der Waals surface area contributed by atoms with Crippen LogP contribution in [0.25, 0.3) is 0 Å². The maximum absolute atomic E-state index is 13.8. The SMILES string of the molecule is COC[C@H](O)C[C@H]1O[C@@](O)([C@@H]2OC(=O)/C(C)=C/C(C)=C/C(C)=C/[C@@H](C)[C@H](O[C@@H]3O[C@@H](C)[C@H](OC)[C@@H](O)[C@@H]3O)/C=C/C(C)=C/CC[C@H](O)[C@@H](OC)C[C@@H]2O)[C@H](C)[C@@H](O)[C@H]1C. The molecule has 3 heterocycles. The van der Waals surface area contributed by atoms with Crippen molar-refractivity contribution in [2.45, 2.75) is 166 Å². The lowest BCUT2D eigenvalue weighted by molar-refractivity contribution is -0.363. The van der Waals surface area contributed by atoms with Gasteiger partial charge in [0.2, 0.25) is 5.79 Å². The van der Waals surface area contributed by atoms with Crippen LogP contribution in [0.2, 0.25) is 0 Å². The van der Waals surface area contributed by atoms with Gasteiger partial charge in [-0.25, -0.2) is 4.79 Å². The maximum Gasteiger partial charge on any atom is 0.334 e. The van der Waals surface area contributed by atoms with Gasteiger partial charge in [-0.2, -0.15) is 0 Å². The predicted molar refractivity (Wildman–Crippen MR) is 219 cm³/mol. The minimum Gasteiger partial charge on any atom is -0.450 e. The smallest absolute Gasteiger partial charge is 0.334 e. The lowest BCUT2D eigenvalue weighted by atomic mass is 9.76. The molecule has 0 aromatic heterocycles. The Kier molecular flexibility index (Phi) is 20.1. The van der Waals surface area contributed by atoms with Crippen molar-refractivity contribution in [3.05, 3.63) is 58.7 Å². The molecule has 3 aliphatic heterocycles. The summed E-state index contributed by atoms with van der Waals surface area (Å²) < 4.78 is 40.5. The largest absolute Gasteiger partial charge is 0.450 e. The van der Waals surface area contributed by atoms with Crippen molar-refractivity contribution >= 4 is 5.97 Å². The number of allylic oxidation sites excluding steroid dienone is 7. The van der Waals surface area contributed by atoms with Gasteiger partial charge >= 0.3 is 5.97 Å². The van der Waals surface area contributed by atoms with Crippen LogP contribution in [0, 0.1) is 17.8 Å². The van der Waals surface area contributed by atoms with E-state index in [2.05, 4.69) is 0 Å². The van der Waals surface area contributed by atoms with E-state index in [9.17, 15) is 40.5 Å². The molecule has 0 aliphatic carbocycles. The zero-order valence-corrected chi connectivity index (χ0v) is 36.6. The first-order valence-electron chi connectivity index (χ1n) is 20.6. The molecule has 15 heteroatoms. The summed E-state index contributed by atoms with van der Waals surface area (Å²) in [6.07, 6.45) is -2.85. The fraction of sp³-hybridized carbons (Fsp3) is 0.750. The number of esters is 1. The minimum atomic E-state index is -2.43. The van der Waals surface area contributed by atoms with E-state index in [1.54, 1.807) is 26.8 Å².